The minimum Gasteiger partial charge on any atom is -0.481 e. The van der Waals surface area contributed by atoms with Gasteiger partial charge in [-0.3, -0.25) is 9.59 Å². The van der Waals surface area contributed by atoms with E-state index in [9.17, 15) is 14.0 Å². The van der Waals surface area contributed by atoms with E-state index in [-0.39, 0.29) is 10.7 Å². The number of benzene rings is 1. The Labute approximate surface area is 96.0 Å². The molecule has 0 fully saturated rings. The Bertz CT molecular complexity index is 436. The fourth-order valence-corrected chi connectivity index (χ4v) is 1.16. The molecule has 0 aliphatic heterocycles. The van der Waals surface area contributed by atoms with Gasteiger partial charge in [-0.15, -0.1) is 0 Å². The van der Waals surface area contributed by atoms with Crippen LogP contribution in [0, 0.1) is 11.7 Å². The standard InChI is InChI=1S/C10H9ClFNO3/c1-5(10(15)16)9(14)13-8-3-2-6(12)4-7(8)11/h2-5H,1H3,(H,13,14)(H,15,16). The van der Waals surface area contributed by atoms with Crippen LogP contribution >= 0.6 is 11.6 Å². The maximum atomic E-state index is 12.7. The van der Waals surface area contributed by atoms with Crippen LogP contribution < -0.4 is 5.32 Å². The van der Waals surface area contributed by atoms with E-state index in [0.717, 1.165) is 12.1 Å². The van der Waals surface area contributed by atoms with Gasteiger partial charge in [0.2, 0.25) is 5.91 Å². The topological polar surface area (TPSA) is 66.4 Å². The van der Waals surface area contributed by atoms with Crippen LogP contribution in [0.15, 0.2) is 18.2 Å². The molecular formula is C10H9ClFNO3. The van der Waals surface area contributed by atoms with Crippen molar-refractivity contribution < 1.29 is 19.1 Å². The number of rotatable bonds is 3. The molecule has 1 amide bonds. The largest absolute Gasteiger partial charge is 0.481 e. The second kappa shape index (κ2) is 4.94. The fourth-order valence-electron chi connectivity index (χ4n) is 0.944. The van der Waals surface area contributed by atoms with E-state index in [1.54, 1.807) is 0 Å². The summed E-state index contributed by atoms with van der Waals surface area (Å²) in [7, 11) is 0. The molecule has 1 rings (SSSR count). The molecule has 2 N–H and O–H groups in total. The highest BCUT2D eigenvalue weighted by atomic mass is 35.5. The van der Waals surface area contributed by atoms with Crippen LogP contribution in [0.25, 0.3) is 0 Å². The summed E-state index contributed by atoms with van der Waals surface area (Å²) in [5.41, 5.74) is 0.182. The van der Waals surface area contributed by atoms with Crippen molar-refractivity contribution in [3.05, 3.63) is 29.0 Å². The summed E-state index contributed by atoms with van der Waals surface area (Å²) in [6.07, 6.45) is 0. The number of carbonyl (C=O) groups is 2. The minimum absolute atomic E-state index is 0.0194. The van der Waals surface area contributed by atoms with Gasteiger partial charge in [0.05, 0.1) is 10.7 Å². The molecule has 0 aromatic heterocycles. The Morgan fingerprint density at radius 2 is 2.12 bits per heavy atom. The highest BCUT2D eigenvalue weighted by Gasteiger charge is 2.21. The number of hydrogen-bond acceptors (Lipinski definition) is 2. The lowest BCUT2D eigenvalue weighted by Gasteiger charge is -2.09. The number of nitrogens with one attached hydrogen (secondary N) is 1. The summed E-state index contributed by atoms with van der Waals surface area (Å²) in [6.45, 7) is 1.25. The van der Waals surface area contributed by atoms with Gasteiger partial charge in [-0.2, -0.15) is 0 Å². The van der Waals surface area contributed by atoms with Crippen molar-refractivity contribution >= 4 is 29.2 Å². The van der Waals surface area contributed by atoms with Crippen molar-refractivity contribution in [3.63, 3.8) is 0 Å². The molecule has 1 aromatic rings. The van der Waals surface area contributed by atoms with Crippen molar-refractivity contribution in [1.29, 1.82) is 0 Å². The predicted molar refractivity (Wildman–Crippen MR) is 56.8 cm³/mol. The minimum atomic E-state index is -1.24. The van der Waals surface area contributed by atoms with Crippen LogP contribution in [0.1, 0.15) is 6.92 Å². The van der Waals surface area contributed by atoms with Crippen LogP contribution in [0.5, 0.6) is 0 Å². The smallest absolute Gasteiger partial charge is 0.315 e. The normalized spacial score (nSPS) is 11.9. The lowest BCUT2D eigenvalue weighted by molar-refractivity contribution is -0.144. The molecule has 0 aliphatic rings. The number of hydrogen-bond donors (Lipinski definition) is 2. The molecule has 1 atom stereocenters. The molecule has 0 bridgehead atoms. The molecule has 0 saturated heterocycles. The molecule has 16 heavy (non-hydrogen) atoms. The second-order valence-corrected chi connectivity index (χ2v) is 3.58. The van der Waals surface area contributed by atoms with Crippen LogP contribution in [0.2, 0.25) is 5.02 Å². The predicted octanol–water partition coefficient (Wildman–Crippen LogP) is 2.14. The highest BCUT2D eigenvalue weighted by Crippen LogP contribution is 2.22. The average Bonchev–Trinajstić information content (AvgIpc) is 2.20. The van der Waals surface area contributed by atoms with Gasteiger partial charge < -0.3 is 10.4 Å². The highest BCUT2D eigenvalue weighted by molar-refractivity contribution is 6.33. The first-order valence-corrected chi connectivity index (χ1v) is 4.78. The summed E-state index contributed by atoms with van der Waals surface area (Å²) in [5.74, 6) is -3.67. The van der Waals surface area contributed by atoms with E-state index < -0.39 is 23.6 Å². The quantitative estimate of drug-likeness (QED) is 0.802. The van der Waals surface area contributed by atoms with Gasteiger partial charge in [0, 0.05) is 0 Å². The van der Waals surface area contributed by atoms with Crippen molar-refractivity contribution in [2.75, 3.05) is 5.32 Å². The number of anilines is 1. The average molecular weight is 246 g/mol. The number of carboxylic acids is 1. The number of amides is 1. The van der Waals surface area contributed by atoms with Crippen molar-refractivity contribution in [2.24, 2.45) is 5.92 Å². The summed E-state index contributed by atoms with van der Waals surface area (Å²) in [6, 6.07) is 3.42. The third kappa shape index (κ3) is 2.93. The number of halogens is 2. The molecule has 0 aliphatic carbocycles. The van der Waals surface area contributed by atoms with Crippen molar-refractivity contribution in [3.8, 4) is 0 Å². The summed E-state index contributed by atoms with van der Waals surface area (Å²) < 4.78 is 12.7. The molecule has 0 spiro atoms. The van der Waals surface area contributed by atoms with Crippen molar-refractivity contribution in [1.82, 2.24) is 0 Å². The van der Waals surface area contributed by atoms with Gasteiger partial charge in [-0.1, -0.05) is 11.6 Å². The van der Waals surface area contributed by atoms with Crippen LogP contribution in [0.4, 0.5) is 10.1 Å². The van der Waals surface area contributed by atoms with Gasteiger partial charge >= 0.3 is 5.97 Å². The van der Waals surface area contributed by atoms with Gasteiger partial charge in [0.15, 0.2) is 0 Å². The van der Waals surface area contributed by atoms with Gasteiger partial charge in [-0.25, -0.2) is 4.39 Å². The number of carboxylic acid groups (broad SMARTS) is 1. The van der Waals surface area contributed by atoms with Crippen LogP contribution in [-0.4, -0.2) is 17.0 Å². The number of carbonyl (C=O) groups excluding carboxylic acids is 1. The number of aliphatic carboxylic acids is 1. The molecule has 86 valence electrons. The zero-order valence-corrected chi connectivity index (χ0v) is 9.08. The van der Waals surface area contributed by atoms with E-state index in [1.165, 1.54) is 13.0 Å². The van der Waals surface area contributed by atoms with E-state index in [0.29, 0.717) is 0 Å². The van der Waals surface area contributed by atoms with E-state index in [4.69, 9.17) is 16.7 Å². The molecule has 4 nitrogen and oxygen atoms in total. The summed E-state index contributed by atoms with van der Waals surface area (Å²) >= 11 is 5.66. The molecule has 6 heteroatoms. The first kappa shape index (κ1) is 12.4. The zero-order valence-electron chi connectivity index (χ0n) is 8.33. The van der Waals surface area contributed by atoms with Gasteiger partial charge in [0.1, 0.15) is 11.7 Å². The van der Waals surface area contributed by atoms with E-state index in [2.05, 4.69) is 5.32 Å². The Morgan fingerprint density at radius 1 is 1.50 bits per heavy atom. The molecule has 0 saturated carbocycles. The second-order valence-electron chi connectivity index (χ2n) is 3.17. The van der Waals surface area contributed by atoms with E-state index in [1.807, 2.05) is 0 Å². The lowest BCUT2D eigenvalue weighted by atomic mass is 10.1. The van der Waals surface area contributed by atoms with Crippen LogP contribution in [0.3, 0.4) is 0 Å². The molecule has 1 aromatic carbocycles. The maximum absolute atomic E-state index is 12.7. The Morgan fingerprint density at radius 3 is 2.62 bits per heavy atom. The Balaban J connectivity index is 2.81. The molecule has 0 heterocycles. The Kier molecular flexibility index (Phi) is 3.84. The first-order chi connectivity index (χ1) is 7.41. The van der Waals surface area contributed by atoms with Gasteiger partial charge in [0.25, 0.3) is 0 Å². The maximum Gasteiger partial charge on any atom is 0.315 e. The third-order valence-corrected chi connectivity index (χ3v) is 2.27. The third-order valence-electron chi connectivity index (χ3n) is 1.95. The fraction of sp³-hybridized carbons (Fsp3) is 0.200. The monoisotopic (exact) mass is 245 g/mol. The van der Waals surface area contributed by atoms with Crippen molar-refractivity contribution in [2.45, 2.75) is 6.92 Å². The Hall–Kier alpha value is -1.62. The molecule has 0 radical (unpaired) electrons. The SMILES string of the molecule is CC(C(=O)O)C(=O)Nc1ccc(F)cc1Cl. The van der Waals surface area contributed by atoms with E-state index >= 15 is 0 Å². The zero-order chi connectivity index (χ0) is 12.3. The summed E-state index contributed by atoms with van der Waals surface area (Å²) in [5, 5.41) is 10.9. The lowest BCUT2D eigenvalue weighted by Crippen LogP contribution is -2.26. The van der Waals surface area contributed by atoms with Gasteiger partial charge in [-0.05, 0) is 25.1 Å². The molecule has 1 unspecified atom stereocenters. The van der Waals surface area contributed by atoms with Crippen LogP contribution in [-0.2, 0) is 9.59 Å². The first-order valence-electron chi connectivity index (χ1n) is 4.40. The molecular weight excluding hydrogens is 237 g/mol. The summed E-state index contributed by atoms with van der Waals surface area (Å²) in [4.78, 5) is 21.9.